The predicted molar refractivity (Wildman–Crippen MR) is 77.0 cm³/mol. The molecule has 1 aliphatic carbocycles. The van der Waals surface area contributed by atoms with Crippen LogP contribution in [0.5, 0.6) is 0 Å². The van der Waals surface area contributed by atoms with Crippen LogP contribution in [0, 0.1) is 17.8 Å². The Kier molecular flexibility index (Phi) is 7.02. The van der Waals surface area contributed by atoms with Crippen LogP contribution < -0.4 is 10.6 Å². The maximum absolute atomic E-state index is 11.8. The van der Waals surface area contributed by atoms with Crippen molar-refractivity contribution in [3.05, 3.63) is 0 Å². The fourth-order valence-corrected chi connectivity index (χ4v) is 3.23. The molecule has 1 amide bonds. The molecule has 0 aromatic heterocycles. The Balaban J connectivity index is 0.00000162. The highest BCUT2D eigenvalue weighted by Gasteiger charge is 2.21. The van der Waals surface area contributed by atoms with Gasteiger partial charge < -0.3 is 10.6 Å². The zero-order chi connectivity index (χ0) is 12.1. The van der Waals surface area contributed by atoms with Gasteiger partial charge in [-0.05, 0) is 50.1 Å². The molecule has 2 rings (SSSR count). The van der Waals surface area contributed by atoms with E-state index in [1.807, 2.05) is 0 Å². The minimum atomic E-state index is 0. The van der Waals surface area contributed by atoms with E-state index in [2.05, 4.69) is 17.6 Å². The van der Waals surface area contributed by atoms with Crippen LogP contribution in [0.2, 0.25) is 0 Å². The van der Waals surface area contributed by atoms with E-state index in [1.165, 1.54) is 25.7 Å². The number of carbonyl (C=O) groups is 1. The number of hydrogen-bond donors (Lipinski definition) is 2. The lowest BCUT2D eigenvalue weighted by Gasteiger charge is -2.26. The van der Waals surface area contributed by atoms with Crippen LogP contribution in [-0.4, -0.2) is 25.5 Å². The molecule has 3 atom stereocenters. The van der Waals surface area contributed by atoms with E-state index < -0.39 is 0 Å². The summed E-state index contributed by atoms with van der Waals surface area (Å²) in [5.41, 5.74) is 0. The van der Waals surface area contributed by atoms with Crippen molar-refractivity contribution in [2.75, 3.05) is 19.6 Å². The van der Waals surface area contributed by atoms with Gasteiger partial charge in [0.1, 0.15) is 0 Å². The molecule has 3 nitrogen and oxygen atoms in total. The highest BCUT2D eigenvalue weighted by atomic mass is 35.5. The van der Waals surface area contributed by atoms with Gasteiger partial charge >= 0.3 is 0 Å². The first-order valence-electron chi connectivity index (χ1n) is 7.21. The first kappa shape index (κ1) is 15.8. The number of amides is 1. The van der Waals surface area contributed by atoms with Gasteiger partial charge in [0.2, 0.25) is 5.91 Å². The van der Waals surface area contributed by atoms with Gasteiger partial charge in [-0.25, -0.2) is 0 Å². The second-order valence-corrected chi connectivity index (χ2v) is 6.00. The second-order valence-electron chi connectivity index (χ2n) is 6.00. The van der Waals surface area contributed by atoms with Crippen molar-refractivity contribution in [1.29, 1.82) is 0 Å². The molecule has 0 aromatic carbocycles. The van der Waals surface area contributed by atoms with Crippen LogP contribution in [0.4, 0.5) is 0 Å². The summed E-state index contributed by atoms with van der Waals surface area (Å²) >= 11 is 0. The van der Waals surface area contributed by atoms with Crippen molar-refractivity contribution >= 4 is 18.3 Å². The summed E-state index contributed by atoms with van der Waals surface area (Å²) in [6.07, 6.45) is 7.19. The largest absolute Gasteiger partial charge is 0.356 e. The molecule has 0 radical (unpaired) electrons. The van der Waals surface area contributed by atoms with Gasteiger partial charge in [-0.3, -0.25) is 4.79 Å². The summed E-state index contributed by atoms with van der Waals surface area (Å²) in [6, 6.07) is 0. The average molecular weight is 275 g/mol. The van der Waals surface area contributed by atoms with E-state index in [0.717, 1.165) is 44.3 Å². The number of hydrogen-bond acceptors (Lipinski definition) is 2. The van der Waals surface area contributed by atoms with Gasteiger partial charge in [-0.1, -0.05) is 19.8 Å². The molecule has 0 aromatic rings. The molecule has 1 aliphatic heterocycles. The van der Waals surface area contributed by atoms with Gasteiger partial charge in [0.05, 0.1) is 0 Å². The molecular weight excluding hydrogens is 248 g/mol. The highest BCUT2D eigenvalue weighted by molar-refractivity contribution is 5.85. The van der Waals surface area contributed by atoms with E-state index in [0.29, 0.717) is 5.92 Å². The lowest BCUT2D eigenvalue weighted by atomic mass is 9.82. The smallest absolute Gasteiger partial charge is 0.220 e. The summed E-state index contributed by atoms with van der Waals surface area (Å²) in [5.74, 6) is 2.41. The van der Waals surface area contributed by atoms with Crippen molar-refractivity contribution in [3.8, 4) is 0 Å². The van der Waals surface area contributed by atoms with Crippen molar-refractivity contribution in [2.45, 2.75) is 45.4 Å². The summed E-state index contributed by atoms with van der Waals surface area (Å²) < 4.78 is 0. The molecule has 3 unspecified atom stereocenters. The van der Waals surface area contributed by atoms with E-state index in [1.54, 1.807) is 0 Å². The van der Waals surface area contributed by atoms with Crippen LogP contribution in [0.25, 0.3) is 0 Å². The standard InChI is InChI=1S/C14H26N2O.ClH/c1-11-3-2-4-12(7-11)10-16-14(17)8-13-5-6-15-9-13;/h11-13,15H,2-10H2,1H3,(H,16,17);1H. The topological polar surface area (TPSA) is 41.1 Å². The predicted octanol–water partition coefficient (Wildman–Crippen LogP) is 2.35. The van der Waals surface area contributed by atoms with Crippen molar-refractivity contribution < 1.29 is 4.79 Å². The molecule has 2 fully saturated rings. The Morgan fingerprint density at radius 2 is 2.11 bits per heavy atom. The summed E-state index contributed by atoms with van der Waals surface area (Å²) in [4.78, 5) is 11.8. The fraction of sp³-hybridized carbons (Fsp3) is 0.929. The molecule has 2 aliphatic rings. The van der Waals surface area contributed by atoms with Crippen LogP contribution >= 0.6 is 12.4 Å². The van der Waals surface area contributed by atoms with Gasteiger partial charge in [0, 0.05) is 13.0 Å². The van der Waals surface area contributed by atoms with Crippen LogP contribution in [0.3, 0.4) is 0 Å². The molecule has 1 heterocycles. The quantitative estimate of drug-likeness (QED) is 0.826. The average Bonchev–Trinajstić information content (AvgIpc) is 2.79. The monoisotopic (exact) mass is 274 g/mol. The zero-order valence-electron chi connectivity index (χ0n) is 11.4. The number of halogens is 1. The summed E-state index contributed by atoms with van der Waals surface area (Å²) in [6.45, 7) is 5.34. The van der Waals surface area contributed by atoms with Gasteiger partial charge in [0.15, 0.2) is 0 Å². The third-order valence-corrected chi connectivity index (χ3v) is 4.27. The van der Waals surface area contributed by atoms with Gasteiger partial charge in [0.25, 0.3) is 0 Å². The molecule has 0 bridgehead atoms. The van der Waals surface area contributed by atoms with Crippen LogP contribution in [0.15, 0.2) is 0 Å². The van der Waals surface area contributed by atoms with Crippen molar-refractivity contribution in [1.82, 2.24) is 10.6 Å². The first-order chi connectivity index (χ1) is 8.24. The molecule has 0 spiro atoms. The van der Waals surface area contributed by atoms with E-state index >= 15 is 0 Å². The molecule has 2 N–H and O–H groups in total. The Labute approximate surface area is 117 Å². The zero-order valence-corrected chi connectivity index (χ0v) is 12.2. The summed E-state index contributed by atoms with van der Waals surface area (Å²) in [5, 5.41) is 6.44. The van der Waals surface area contributed by atoms with E-state index in [4.69, 9.17) is 0 Å². The Morgan fingerprint density at radius 3 is 2.78 bits per heavy atom. The minimum absolute atomic E-state index is 0. The molecule has 1 saturated carbocycles. The van der Waals surface area contributed by atoms with Gasteiger partial charge in [-0.2, -0.15) is 0 Å². The number of nitrogens with one attached hydrogen (secondary N) is 2. The summed E-state index contributed by atoms with van der Waals surface area (Å²) in [7, 11) is 0. The fourth-order valence-electron chi connectivity index (χ4n) is 3.23. The second kappa shape index (κ2) is 8.00. The van der Waals surface area contributed by atoms with Crippen LogP contribution in [-0.2, 0) is 4.79 Å². The van der Waals surface area contributed by atoms with Gasteiger partial charge in [-0.15, -0.1) is 12.4 Å². The molecule has 18 heavy (non-hydrogen) atoms. The molecule has 1 saturated heterocycles. The normalized spacial score (nSPS) is 31.7. The third kappa shape index (κ3) is 5.15. The minimum Gasteiger partial charge on any atom is -0.356 e. The van der Waals surface area contributed by atoms with Crippen molar-refractivity contribution in [2.24, 2.45) is 17.8 Å². The maximum Gasteiger partial charge on any atom is 0.220 e. The lowest BCUT2D eigenvalue weighted by Crippen LogP contribution is -2.32. The van der Waals surface area contributed by atoms with E-state index in [-0.39, 0.29) is 18.3 Å². The lowest BCUT2D eigenvalue weighted by molar-refractivity contribution is -0.122. The Hall–Kier alpha value is -0.280. The van der Waals surface area contributed by atoms with E-state index in [9.17, 15) is 4.79 Å². The first-order valence-corrected chi connectivity index (χ1v) is 7.21. The number of rotatable bonds is 4. The molecule has 106 valence electrons. The highest BCUT2D eigenvalue weighted by Crippen LogP contribution is 2.27. The Morgan fingerprint density at radius 1 is 1.28 bits per heavy atom. The third-order valence-electron chi connectivity index (χ3n) is 4.27. The Bertz CT molecular complexity index is 254. The molecular formula is C14H27ClN2O. The SMILES string of the molecule is CC1CCCC(CNC(=O)CC2CCNC2)C1.Cl. The van der Waals surface area contributed by atoms with Crippen molar-refractivity contribution in [3.63, 3.8) is 0 Å². The molecule has 4 heteroatoms. The number of carbonyl (C=O) groups excluding carboxylic acids is 1. The van der Waals surface area contributed by atoms with Crippen LogP contribution in [0.1, 0.15) is 45.4 Å². The maximum atomic E-state index is 11.8.